The summed E-state index contributed by atoms with van der Waals surface area (Å²) in [5, 5.41) is 0. The van der Waals surface area contributed by atoms with Gasteiger partial charge in [0.15, 0.2) is 0 Å². The summed E-state index contributed by atoms with van der Waals surface area (Å²) in [5.74, 6) is 0. The standard InChI is InChI=1S/C18H22ClN/c1-2-9-18(19)20(14-16-10-5-3-6-11-16)15-17-12-7-4-8-13-17/h3-8,10-13,18H,2,9,14-15H2,1H3. The summed E-state index contributed by atoms with van der Waals surface area (Å²) in [5.41, 5.74) is 2.70. The Labute approximate surface area is 127 Å². The molecule has 1 atom stereocenters. The molecule has 0 aliphatic carbocycles. The van der Waals surface area contributed by atoms with E-state index in [1.807, 2.05) is 0 Å². The van der Waals surface area contributed by atoms with Gasteiger partial charge in [0.25, 0.3) is 0 Å². The van der Waals surface area contributed by atoms with Crippen molar-refractivity contribution in [3.63, 3.8) is 0 Å². The fraction of sp³-hybridized carbons (Fsp3) is 0.333. The lowest BCUT2D eigenvalue weighted by atomic mass is 10.1. The highest BCUT2D eigenvalue weighted by atomic mass is 35.5. The second-order valence-corrected chi connectivity index (χ2v) is 5.60. The molecule has 0 aliphatic rings. The highest BCUT2D eigenvalue weighted by Gasteiger charge is 2.15. The molecule has 2 rings (SSSR count). The van der Waals surface area contributed by atoms with Crippen LogP contribution < -0.4 is 0 Å². The topological polar surface area (TPSA) is 3.24 Å². The maximum Gasteiger partial charge on any atom is 0.0856 e. The Morgan fingerprint density at radius 3 is 1.70 bits per heavy atom. The fourth-order valence-electron chi connectivity index (χ4n) is 2.31. The zero-order valence-electron chi connectivity index (χ0n) is 12.0. The van der Waals surface area contributed by atoms with Crippen molar-refractivity contribution in [1.29, 1.82) is 0 Å². The first-order valence-electron chi connectivity index (χ1n) is 7.25. The van der Waals surface area contributed by atoms with Gasteiger partial charge >= 0.3 is 0 Å². The number of benzene rings is 2. The fourth-order valence-corrected chi connectivity index (χ4v) is 2.67. The maximum atomic E-state index is 6.57. The third-order valence-corrected chi connectivity index (χ3v) is 3.87. The number of nitrogens with zero attached hydrogens (tertiary/aromatic N) is 1. The van der Waals surface area contributed by atoms with Crippen molar-refractivity contribution in [2.45, 2.75) is 38.4 Å². The van der Waals surface area contributed by atoms with Crippen LogP contribution in [0, 0.1) is 0 Å². The minimum Gasteiger partial charge on any atom is -0.279 e. The van der Waals surface area contributed by atoms with Gasteiger partial charge in [0.2, 0.25) is 0 Å². The molecule has 0 fully saturated rings. The predicted molar refractivity (Wildman–Crippen MR) is 86.7 cm³/mol. The Hall–Kier alpha value is -1.31. The largest absolute Gasteiger partial charge is 0.279 e. The molecule has 0 bridgehead atoms. The van der Waals surface area contributed by atoms with Crippen molar-refractivity contribution in [2.75, 3.05) is 0 Å². The Kier molecular flexibility index (Phi) is 6.10. The number of hydrogen-bond acceptors (Lipinski definition) is 1. The van der Waals surface area contributed by atoms with E-state index >= 15 is 0 Å². The molecule has 0 spiro atoms. The lowest BCUT2D eigenvalue weighted by Crippen LogP contribution is -2.30. The molecule has 1 unspecified atom stereocenters. The van der Waals surface area contributed by atoms with Crippen molar-refractivity contribution in [1.82, 2.24) is 4.90 Å². The molecular weight excluding hydrogens is 266 g/mol. The lowest BCUT2D eigenvalue weighted by molar-refractivity contribution is 0.224. The normalized spacial score (nSPS) is 12.6. The second kappa shape index (κ2) is 8.08. The Balaban J connectivity index is 2.08. The van der Waals surface area contributed by atoms with Crippen molar-refractivity contribution >= 4 is 11.6 Å². The molecule has 0 amide bonds. The zero-order valence-corrected chi connectivity index (χ0v) is 12.8. The molecule has 2 aromatic rings. The summed E-state index contributed by atoms with van der Waals surface area (Å²) in [4.78, 5) is 2.34. The van der Waals surface area contributed by atoms with Gasteiger partial charge in [-0.15, -0.1) is 11.6 Å². The second-order valence-electron chi connectivity index (χ2n) is 5.10. The Morgan fingerprint density at radius 2 is 1.30 bits per heavy atom. The first-order chi connectivity index (χ1) is 9.79. The molecule has 106 valence electrons. The quantitative estimate of drug-likeness (QED) is 0.508. The van der Waals surface area contributed by atoms with Crippen molar-refractivity contribution in [2.24, 2.45) is 0 Å². The number of halogens is 1. The van der Waals surface area contributed by atoms with Crippen LogP contribution in [-0.2, 0) is 13.1 Å². The van der Waals surface area contributed by atoms with Crippen LogP contribution in [-0.4, -0.2) is 10.4 Å². The molecule has 0 N–H and O–H groups in total. The molecule has 20 heavy (non-hydrogen) atoms. The Morgan fingerprint density at radius 1 is 0.850 bits per heavy atom. The third kappa shape index (κ3) is 4.66. The van der Waals surface area contributed by atoms with Crippen LogP contribution in [0.3, 0.4) is 0 Å². The van der Waals surface area contributed by atoms with E-state index in [2.05, 4.69) is 72.5 Å². The average molecular weight is 288 g/mol. The minimum atomic E-state index is 0.0837. The van der Waals surface area contributed by atoms with Gasteiger partial charge in [0, 0.05) is 13.1 Å². The summed E-state index contributed by atoms with van der Waals surface area (Å²) < 4.78 is 0. The molecule has 0 heterocycles. The van der Waals surface area contributed by atoms with Gasteiger partial charge in [0.1, 0.15) is 0 Å². The van der Waals surface area contributed by atoms with E-state index in [9.17, 15) is 0 Å². The third-order valence-electron chi connectivity index (χ3n) is 3.38. The average Bonchev–Trinajstić information content (AvgIpc) is 2.49. The number of hydrogen-bond donors (Lipinski definition) is 0. The van der Waals surface area contributed by atoms with Crippen LogP contribution in [0.15, 0.2) is 60.7 Å². The minimum absolute atomic E-state index is 0.0837. The maximum absolute atomic E-state index is 6.57. The van der Waals surface area contributed by atoms with Gasteiger partial charge in [-0.1, -0.05) is 74.0 Å². The molecular formula is C18H22ClN. The molecule has 0 aromatic heterocycles. The van der Waals surface area contributed by atoms with E-state index in [1.54, 1.807) is 0 Å². The summed E-state index contributed by atoms with van der Waals surface area (Å²) in [6, 6.07) is 21.1. The highest BCUT2D eigenvalue weighted by molar-refractivity contribution is 6.20. The molecule has 2 heteroatoms. The van der Waals surface area contributed by atoms with Crippen LogP contribution in [0.2, 0.25) is 0 Å². The van der Waals surface area contributed by atoms with E-state index < -0.39 is 0 Å². The van der Waals surface area contributed by atoms with Crippen LogP contribution in [0.5, 0.6) is 0 Å². The van der Waals surface area contributed by atoms with Gasteiger partial charge in [-0.3, -0.25) is 4.90 Å². The van der Waals surface area contributed by atoms with E-state index in [0.29, 0.717) is 0 Å². The molecule has 0 aliphatic heterocycles. The van der Waals surface area contributed by atoms with Crippen LogP contribution in [0.25, 0.3) is 0 Å². The highest BCUT2D eigenvalue weighted by Crippen LogP contribution is 2.18. The van der Waals surface area contributed by atoms with Crippen molar-refractivity contribution < 1.29 is 0 Å². The number of rotatable bonds is 7. The van der Waals surface area contributed by atoms with Crippen LogP contribution in [0.4, 0.5) is 0 Å². The van der Waals surface area contributed by atoms with Crippen LogP contribution >= 0.6 is 11.6 Å². The van der Waals surface area contributed by atoms with Crippen molar-refractivity contribution in [3.8, 4) is 0 Å². The molecule has 0 saturated carbocycles. The van der Waals surface area contributed by atoms with Gasteiger partial charge in [-0.2, -0.15) is 0 Å². The van der Waals surface area contributed by atoms with Crippen LogP contribution in [0.1, 0.15) is 30.9 Å². The summed E-state index contributed by atoms with van der Waals surface area (Å²) in [6.07, 6.45) is 2.12. The smallest absolute Gasteiger partial charge is 0.0856 e. The van der Waals surface area contributed by atoms with E-state index in [-0.39, 0.29) is 5.50 Å². The summed E-state index contributed by atoms with van der Waals surface area (Å²) in [7, 11) is 0. The number of alkyl halides is 1. The van der Waals surface area contributed by atoms with Gasteiger partial charge in [-0.25, -0.2) is 0 Å². The van der Waals surface area contributed by atoms with E-state index in [4.69, 9.17) is 11.6 Å². The summed E-state index contributed by atoms with van der Waals surface area (Å²) in [6.45, 7) is 3.96. The van der Waals surface area contributed by atoms with Crippen molar-refractivity contribution in [3.05, 3.63) is 71.8 Å². The summed E-state index contributed by atoms with van der Waals surface area (Å²) >= 11 is 6.57. The molecule has 2 aromatic carbocycles. The first kappa shape index (κ1) is 15.1. The van der Waals surface area contributed by atoms with Gasteiger partial charge < -0.3 is 0 Å². The predicted octanol–water partition coefficient (Wildman–Crippen LogP) is 5.05. The first-order valence-corrected chi connectivity index (χ1v) is 7.69. The molecule has 1 nitrogen and oxygen atoms in total. The Bertz CT molecular complexity index is 442. The van der Waals surface area contributed by atoms with Gasteiger partial charge in [-0.05, 0) is 17.5 Å². The SMILES string of the molecule is CCCC(Cl)N(Cc1ccccc1)Cc1ccccc1. The molecule has 0 radical (unpaired) electrons. The van der Waals surface area contributed by atoms with E-state index in [1.165, 1.54) is 11.1 Å². The van der Waals surface area contributed by atoms with E-state index in [0.717, 1.165) is 25.9 Å². The van der Waals surface area contributed by atoms with Gasteiger partial charge in [0.05, 0.1) is 5.50 Å². The monoisotopic (exact) mass is 287 g/mol. The lowest BCUT2D eigenvalue weighted by Gasteiger charge is -2.27. The zero-order chi connectivity index (χ0) is 14.2. The molecule has 0 saturated heterocycles.